The first-order chi connectivity index (χ1) is 8.76. The highest BCUT2D eigenvalue weighted by molar-refractivity contribution is 9.09. The van der Waals surface area contributed by atoms with E-state index in [-0.39, 0.29) is 5.92 Å². The lowest BCUT2D eigenvalue weighted by Crippen LogP contribution is -2.33. The summed E-state index contributed by atoms with van der Waals surface area (Å²) in [5.74, 6) is 0.953. The van der Waals surface area contributed by atoms with Crippen LogP contribution in [-0.4, -0.2) is 29.2 Å². The van der Waals surface area contributed by atoms with Crippen molar-refractivity contribution >= 4 is 21.8 Å². The lowest BCUT2D eigenvalue weighted by molar-refractivity contribution is -0.131. The number of hydrogen-bond acceptors (Lipinski definition) is 1. The molecule has 0 aromatic heterocycles. The van der Waals surface area contributed by atoms with E-state index in [4.69, 9.17) is 0 Å². The maximum atomic E-state index is 12.5. The molecule has 1 aromatic carbocycles. The summed E-state index contributed by atoms with van der Waals surface area (Å²) >= 11 is 3.51. The third-order valence-electron chi connectivity index (χ3n) is 3.72. The number of likely N-dealkylation sites (tertiary alicyclic amines) is 1. The van der Waals surface area contributed by atoms with Crippen molar-refractivity contribution in [1.82, 2.24) is 4.90 Å². The van der Waals surface area contributed by atoms with E-state index in [1.807, 2.05) is 23.1 Å². The number of hydrogen-bond donors (Lipinski definition) is 0. The van der Waals surface area contributed by atoms with Crippen molar-refractivity contribution in [3.63, 3.8) is 0 Å². The van der Waals surface area contributed by atoms with Gasteiger partial charge in [0.15, 0.2) is 0 Å². The van der Waals surface area contributed by atoms with Crippen molar-refractivity contribution in [1.29, 1.82) is 0 Å². The zero-order chi connectivity index (χ0) is 13.0. The van der Waals surface area contributed by atoms with Crippen LogP contribution in [0.4, 0.5) is 0 Å². The first kappa shape index (κ1) is 13.6. The smallest absolute Gasteiger partial charge is 0.230 e. The van der Waals surface area contributed by atoms with Gasteiger partial charge in [-0.1, -0.05) is 53.2 Å². The van der Waals surface area contributed by atoms with Gasteiger partial charge in [-0.3, -0.25) is 4.79 Å². The minimum Gasteiger partial charge on any atom is -0.342 e. The summed E-state index contributed by atoms with van der Waals surface area (Å²) in [5.41, 5.74) is 1.15. The molecular formula is C15H20BrNO. The summed E-state index contributed by atoms with van der Waals surface area (Å²) in [7, 11) is 0. The Hall–Kier alpha value is -0.830. The Morgan fingerprint density at radius 3 is 2.72 bits per heavy atom. The van der Waals surface area contributed by atoms with Crippen molar-refractivity contribution in [2.24, 2.45) is 5.92 Å². The van der Waals surface area contributed by atoms with Gasteiger partial charge in [0.05, 0.1) is 5.92 Å². The standard InChI is InChI=1S/C15H20BrNO/c1-2-14(13-6-4-3-5-7-13)15(18)17-9-8-12(10-16)11-17/h3-7,12,14H,2,8-11H2,1H3. The predicted octanol–water partition coefficient (Wildman–Crippen LogP) is 3.42. The van der Waals surface area contributed by atoms with Crippen LogP contribution in [0.1, 0.15) is 31.2 Å². The minimum absolute atomic E-state index is 0.0280. The van der Waals surface area contributed by atoms with Crippen LogP contribution in [0, 0.1) is 5.92 Å². The van der Waals surface area contributed by atoms with E-state index in [9.17, 15) is 4.79 Å². The Labute approximate surface area is 117 Å². The average Bonchev–Trinajstić information content (AvgIpc) is 2.89. The molecule has 18 heavy (non-hydrogen) atoms. The molecule has 1 aromatic rings. The maximum Gasteiger partial charge on any atom is 0.230 e. The van der Waals surface area contributed by atoms with Crippen LogP contribution in [0.2, 0.25) is 0 Å². The summed E-state index contributed by atoms with van der Waals surface area (Å²) in [6, 6.07) is 10.1. The zero-order valence-corrected chi connectivity index (χ0v) is 12.4. The molecule has 2 nitrogen and oxygen atoms in total. The van der Waals surface area contributed by atoms with Crippen molar-refractivity contribution < 1.29 is 4.79 Å². The largest absolute Gasteiger partial charge is 0.342 e. The number of alkyl halides is 1. The molecule has 1 saturated heterocycles. The second kappa shape index (κ2) is 6.37. The highest BCUT2D eigenvalue weighted by Crippen LogP contribution is 2.26. The Balaban J connectivity index is 2.07. The summed E-state index contributed by atoms with van der Waals surface area (Å²) < 4.78 is 0. The van der Waals surface area contributed by atoms with Crippen LogP contribution in [0.25, 0.3) is 0 Å². The van der Waals surface area contributed by atoms with Crippen LogP contribution in [-0.2, 0) is 4.79 Å². The van der Waals surface area contributed by atoms with E-state index in [2.05, 4.69) is 35.0 Å². The number of nitrogens with zero attached hydrogens (tertiary/aromatic N) is 1. The first-order valence-corrected chi connectivity index (χ1v) is 7.78. The van der Waals surface area contributed by atoms with Gasteiger partial charge in [-0.25, -0.2) is 0 Å². The molecule has 1 aliphatic rings. The second-order valence-corrected chi connectivity index (χ2v) is 5.61. The summed E-state index contributed by atoms with van der Waals surface area (Å²) in [6.45, 7) is 3.92. The Morgan fingerprint density at radius 1 is 1.44 bits per heavy atom. The fourth-order valence-corrected chi connectivity index (χ4v) is 3.15. The Kier molecular flexibility index (Phi) is 4.81. The lowest BCUT2D eigenvalue weighted by Gasteiger charge is -2.23. The van der Waals surface area contributed by atoms with E-state index in [0.717, 1.165) is 36.8 Å². The van der Waals surface area contributed by atoms with Gasteiger partial charge >= 0.3 is 0 Å². The molecule has 0 aliphatic carbocycles. The van der Waals surface area contributed by atoms with E-state index in [0.29, 0.717) is 11.8 Å². The SMILES string of the molecule is CCC(C(=O)N1CCC(CBr)C1)c1ccccc1. The molecule has 1 aliphatic heterocycles. The lowest BCUT2D eigenvalue weighted by atomic mass is 9.95. The highest BCUT2D eigenvalue weighted by atomic mass is 79.9. The van der Waals surface area contributed by atoms with Crippen LogP contribution in [0.3, 0.4) is 0 Å². The van der Waals surface area contributed by atoms with Gasteiger partial charge in [0.25, 0.3) is 0 Å². The van der Waals surface area contributed by atoms with Crippen LogP contribution >= 0.6 is 15.9 Å². The fraction of sp³-hybridized carbons (Fsp3) is 0.533. The maximum absolute atomic E-state index is 12.5. The molecule has 0 saturated carbocycles. The third-order valence-corrected chi connectivity index (χ3v) is 4.64. The monoisotopic (exact) mass is 309 g/mol. The van der Waals surface area contributed by atoms with Gasteiger partial charge in [-0.2, -0.15) is 0 Å². The molecule has 3 heteroatoms. The average molecular weight is 310 g/mol. The normalized spacial score (nSPS) is 21.0. The number of carbonyl (C=O) groups is 1. The number of halogens is 1. The van der Waals surface area contributed by atoms with E-state index in [1.165, 1.54) is 0 Å². The van der Waals surface area contributed by atoms with Gasteiger partial charge in [0, 0.05) is 18.4 Å². The molecule has 0 radical (unpaired) electrons. The van der Waals surface area contributed by atoms with Crippen LogP contribution < -0.4 is 0 Å². The molecule has 2 rings (SSSR count). The summed E-state index contributed by atoms with van der Waals surface area (Å²) in [4.78, 5) is 14.6. The Morgan fingerprint density at radius 2 is 2.17 bits per heavy atom. The van der Waals surface area contributed by atoms with Crippen molar-refractivity contribution in [2.75, 3.05) is 18.4 Å². The van der Waals surface area contributed by atoms with Gasteiger partial charge in [-0.15, -0.1) is 0 Å². The number of carbonyl (C=O) groups excluding carboxylic acids is 1. The van der Waals surface area contributed by atoms with E-state index in [1.54, 1.807) is 0 Å². The quantitative estimate of drug-likeness (QED) is 0.780. The number of benzene rings is 1. The van der Waals surface area contributed by atoms with Gasteiger partial charge < -0.3 is 4.90 Å². The molecule has 2 unspecified atom stereocenters. The summed E-state index contributed by atoms with van der Waals surface area (Å²) in [5, 5.41) is 0.999. The first-order valence-electron chi connectivity index (χ1n) is 6.66. The van der Waals surface area contributed by atoms with E-state index < -0.39 is 0 Å². The van der Waals surface area contributed by atoms with Crippen molar-refractivity contribution in [3.05, 3.63) is 35.9 Å². The summed E-state index contributed by atoms with van der Waals surface area (Å²) in [6.07, 6.45) is 2.00. The number of rotatable bonds is 4. The molecule has 1 heterocycles. The van der Waals surface area contributed by atoms with Crippen LogP contribution in [0.15, 0.2) is 30.3 Å². The van der Waals surface area contributed by atoms with Gasteiger partial charge in [-0.05, 0) is 24.3 Å². The number of amides is 1. The topological polar surface area (TPSA) is 20.3 Å². The van der Waals surface area contributed by atoms with Crippen LogP contribution in [0.5, 0.6) is 0 Å². The molecule has 2 atom stereocenters. The van der Waals surface area contributed by atoms with Crippen molar-refractivity contribution in [2.45, 2.75) is 25.7 Å². The molecule has 0 bridgehead atoms. The van der Waals surface area contributed by atoms with E-state index >= 15 is 0 Å². The molecule has 98 valence electrons. The molecule has 1 amide bonds. The molecule has 0 spiro atoms. The zero-order valence-electron chi connectivity index (χ0n) is 10.8. The highest BCUT2D eigenvalue weighted by Gasteiger charge is 2.30. The second-order valence-electron chi connectivity index (χ2n) is 4.96. The van der Waals surface area contributed by atoms with Gasteiger partial charge in [0.1, 0.15) is 0 Å². The fourth-order valence-electron chi connectivity index (χ4n) is 2.62. The Bertz CT molecular complexity index is 393. The molecular weight excluding hydrogens is 290 g/mol. The van der Waals surface area contributed by atoms with Gasteiger partial charge in [0.2, 0.25) is 5.91 Å². The third kappa shape index (κ3) is 2.94. The van der Waals surface area contributed by atoms with Crippen molar-refractivity contribution in [3.8, 4) is 0 Å². The predicted molar refractivity (Wildman–Crippen MR) is 78.0 cm³/mol. The molecule has 0 N–H and O–H groups in total. The molecule has 1 fully saturated rings. The minimum atomic E-state index is 0.0280.